The van der Waals surface area contributed by atoms with Crippen LogP contribution in [-0.2, 0) is 23.0 Å². The normalized spacial score (nSPS) is 11.6. The fourth-order valence-corrected chi connectivity index (χ4v) is 2.62. The maximum absolute atomic E-state index is 12.0. The summed E-state index contributed by atoms with van der Waals surface area (Å²) >= 11 is 0. The Balaban J connectivity index is 2.06. The minimum atomic E-state index is -3.54. The lowest BCUT2D eigenvalue weighted by Gasteiger charge is -2.06. The van der Waals surface area contributed by atoms with Gasteiger partial charge in [0.05, 0.1) is 17.7 Å². The molecule has 0 bridgehead atoms. The minimum Gasteiger partial charge on any atom is -0.468 e. The quantitative estimate of drug-likeness (QED) is 0.836. The Kier molecular flexibility index (Phi) is 4.36. The highest BCUT2D eigenvalue weighted by Crippen LogP contribution is 2.11. The molecule has 2 N–H and O–H groups in total. The van der Waals surface area contributed by atoms with E-state index in [1.54, 1.807) is 24.3 Å². The zero-order valence-electron chi connectivity index (χ0n) is 10.2. The van der Waals surface area contributed by atoms with E-state index < -0.39 is 10.0 Å². The van der Waals surface area contributed by atoms with Gasteiger partial charge in [0.1, 0.15) is 5.76 Å². The van der Waals surface area contributed by atoms with Gasteiger partial charge in [0, 0.05) is 6.61 Å². The predicted molar refractivity (Wildman–Crippen MR) is 70.0 cm³/mol. The van der Waals surface area contributed by atoms with E-state index in [-0.39, 0.29) is 18.0 Å². The molecule has 0 saturated heterocycles. The van der Waals surface area contributed by atoms with Crippen molar-refractivity contribution in [2.24, 2.45) is 0 Å². The highest BCUT2D eigenvalue weighted by atomic mass is 32.2. The van der Waals surface area contributed by atoms with Crippen molar-refractivity contribution in [1.82, 2.24) is 4.72 Å². The molecular weight excluding hydrogens is 266 g/mol. The van der Waals surface area contributed by atoms with Crippen LogP contribution in [0.15, 0.2) is 52.0 Å². The van der Waals surface area contributed by atoms with Crippen molar-refractivity contribution in [2.45, 2.75) is 17.9 Å². The molecule has 1 heterocycles. The molecule has 0 aliphatic carbocycles. The largest absolute Gasteiger partial charge is 0.468 e. The molecule has 6 heteroatoms. The lowest BCUT2D eigenvalue weighted by atomic mass is 10.2. The van der Waals surface area contributed by atoms with Crippen LogP contribution >= 0.6 is 0 Å². The van der Waals surface area contributed by atoms with Crippen molar-refractivity contribution in [3.05, 3.63) is 54.0 Å². The number of aliphatic hydroxyl groups excluding tert-OH is 1. The Bertz CT molecular complexity index is 603. The van der Waals surface area contributed by atoms with E-state index in [1.165, 1.54) is 18.4 Å². The molecule has 0 amide bonds. The summed E-state index contributed by atoms with van der Waals surface area (Å²) in [4.78, 5) is 0.195. The molecule has 0 aliphatic rings. The van der Waals surface area contributed by atoms with Gasteiger partial charge in [-0.1, -0.05) is 12.1 Å². The van der Waals surface area contributed by atoms with Crippen LogP contribution < -0.4 is 4.72 Å². The van der Waals surface area contributed by atoms with E-state index >= 15 is 0 Å². The fourth-order valence-electron chi connectivity index (χ4n) is 1.63. The van der Waals surface area contributed by atoms with Crippen LogP contribution in [-0.4, -0.2) is 20.1 Å². The third-order valence-corrected chi connectivity index (χ3v) is 4.07. The molecule has 1 aromatic carbocycles. The number of hydrogen-bond donors (Lipinski definition) is 2. The molecule has 102 valence electrons. The van der Waals surface area contributed by atoms with Gasteiger partial charge in [-0.15, -0.1) is 0 Å². The summed E-state index contributed by atoms with van der Waals surface area (Å²) in [5, 5.41) is 8.80. The topological polar surface area (TPSA) is 79.5 Å². The predicted octanol–water partition coefficient (Wildman–Crippen LogP) is 1.29. The van der Waals surface area contributed by atoms with E-state index in [1.807, 2.05) is 0 Å². The second-order valence-electron chi connectivity index (χ2n) is 4.02. The van der Waals surface area contributed by atoms with E-state index in [2.05, 4.69) is 4.72 Å². The average molecular weight is 281 g/mol. The summed E-state index contributed by atoms with van der Waals surface area (Å²) < 4.78 is 31.5. The summed E-state index contributed by atoms with van der Waals surface area (Å²) in [6.45, 7) is 0.163. The van der Waals surface area contributed by atoms with Crippen molar-refractivity contribution >= 4 is 10.0 Å². The maximum atomic E-state index is 12.0. The third kappa shape index (κ3) is 3.66. The summed E-state index contributed by atoms with van der Waals surface area (Å²) in [6, 6.07) is 9.83. The third-order valence-electron chi connectivity index (χ3n) is 2.65. The van der Waals surface area contributed by atoms with Crippen LogP contribution in [0.25, 0.3) is 0 Å². The first kappa shape index (κ1) is 13.8. The van der Waals surface area contributed by atoms with Gasteiger partial charge < -0.3 is 9.52 Å². The Morgan fingerprint density at radius 1 is 1.16 bits per heavy atom. The van der Waals surface area contributed by atoms with Gasteiger partial charge in [-0.3, -0.25) is 0 Å². The van der Waals surface area contributed by atoms with Crippen molar-refractivity contribution in [1.29, 1.82) is 0 Å². The standard InChI is InChI=1S/C13H15NO4S/c15-8-7-11-3-5-13(6-4-11)19(16,17)14-10-12-2-1-9-18-12/h1-6,9,14-15H,7-8,10H2. The second kappa shape index (κ2) is 6.01. The van der Waals surface area contributed by atoms with Crippen LogP contribution in [0.4, 0.5) is 0 Å². The molecule has 0 saturated carbocycles. The summed E-state index contributed by atoms with van der Waals surface area (Å²) in [5.41, 5.74) is 0.896. The average Bonchev–Trinajstić information content (AvgIpc) is 2.91. The van der Waals surface area contributed by atoms with Crippen LogP contribution in [0.3, 0.4) is 0 Å². The first-order valence-corrected chi connectivity index (χ1v) is 7.32. The molecule has 1 aromatic heterocycles. The number of aliphatic hydroxyl groups is 1. The Morgan fingerprint density at radius 3 is 2.47 bits per heavy atom. The lowest BCUT2D eigenvalue weighted by Crippen LogP contribution is -2.23. The molecule has 0 fully saturated rings. The smallest absolute Gasteiger partial charge is 0.240 e. The zero-order chi connectivity index (χ0) is 13.7. The highest BCUT2D eigenvalue weighted by Gasteiger charge is 2.13. The van der Waals surface area contributed by atoms with Gasteiger partial charge in [0.15, 0.2) is 0 Å². The molecule has 2 aromatic rings. The van der Waals surface area contributed by atoms with Crippen molar-refractivity contribution < 1.29 is 17.9 Å². The molecule has 0 radical (unpaired) electrons. The van der Waals surface area contributed by atoms with Crippen molar-refractivity contribution in [3.63, 3.8) is 0 Å². The van der Waals surface area contributed by atoms with E-state index in [0.29, 0.717) is 12.2 Å². The monoisotopic (exact) mass is 281 g/mol. The van der Waals surface area contributed by atoms with Gasteiger partial charge in [0.2, 0.25) is 10.0 Å². The van der Waals surface area contributed by atoms with Crippen molar-refractivity contribution in [3.8, 4) is 0 Å². The molecule has 5 nitrogen and oxygen atoms in total. The molecule has 0 atom stereocenters. The summed E-state index contributed by atoms with van der Waals surface area (Å²) in [7, 11) is -3.54. The van der Waals surface area contributed by atoms with Gasteiger partial charge in [0.25, 0.3) is 0 Å². The molecule has 0 aliphatic heterocycles. The fraction of sp³-hybridized carbons (Fsp3) is 0.231. The Hall–Kier alpha value is -1.63. The number of benzene rings is 1. The Morgan fingerprint density at radius 2 is 1.89 bits per heavy atom. The van der Waals surface area contributed by atoms with Crippen LogP contribution in [0.1, 0.15) is 11.3 Å². The highest BCUT2D eigenvalue weighted by molar-refractivity contribution is 7.89. The molecule has 2 rings (SSSR count). The van der Waals surface area contributed by atoms with Crippen molar-refractivity contribution in [2.75, 3.05) is 6.61 Å². The summed E-state index contributed by atoms with van der Waals surface area (Å²) in [5.74, 6) is 0.556. The van der Waals surface area contributed by atoms with Crippen LogP contribution in [0.5, 0.6) is 0 Å². The number of furan rings is 1. The SMILES string of the molecule is O=S(=O)(NCc1ccco1)c1ccc(CCO)cc1. The molecule has 0 spiro atoms. The van der Waals surface area contributed by atoms with Gasteiger partial charge >= 0.3 is 0 Å². The van der Waals surface area contributed by atoms with E-state index in [4.69, 9.17) is 9.52 Å². The first-order valence-electron chi connectivity index (χ1n) is 5.84. The van der Waals surface area contributed by atoms with Gasteiger partial charge in [-0.2, -0.15) is 0 Å². The zero-order valence-corrected chi connectivity index (χ0v) is 11.1. The van der Waals surface area contributed by atoms with Crippen LogP contribution in [0.2, 0.25) is 0 Å². The first-order chi connectivity index (χ1) is 9.12. The van der Waals surface area contributed by atoms with Crippen LogP contribution in [0, 0.1) is 0 Å². The number of sulfonamides is 1. The molecule has 19 heavy (non-hydrogen) atoms. The van der Waals surface area contributed by atoms with E-state index in [9.17, 15) is 8.42 Å². The van der Waals surface area contributed by atoms with Gasteiger partial charge in [-0.05, 0) is 36.2 Å². The Labute approximate surface area is 111 Å². The number of nitrogens with one attached hydrogen (secondary N) is 1. The molecular formula is C13H15NO4S. The number of hydrogen-bond acceptors (Lipinski definition) is 4. The maximum Gasteiger partial charge on any atom is 0.240 e. The molecule has 0 unspecified atom stereocenters. The lowest BCUT2D eigenvalue weighted by molar-refractivity contribution is 0.299. The minimum absolute atomic E-state index is 0.0445. The second-order valence-corrected chi connectivity index (χ2v) is 5.79. The summed E-state index contributed by atoms with van der Waals surface area (Å²) in [6.07, 6.45) is 2.01. The van der Waals surface area contributed by atoms with E-state index in [0.717, 1.165) is 5.56 Å². The number of rotatable bonds is 6. The van der Waals surface area contributed by atoms with Gasteiger partial charge in [-0.25, -0.2) is 13.1 Å².